The molecule has 0 atom stereocenters. The van der Waals surface area contributed by atoms with Crippen molar-refractivity contribution in [3.8, 4) is 0 Å². The van der Waals surface area contributed by atoms with Crippen LogP contribution in [0.25, 0.3) is 0 Å². The van der Waals surface area contributed by atoms with E-state index in [0.29, 0.717) is 5.41 Å². The second-order valence-corrected chi connectivity index (χ2v) is 6.22. The van der Waals surface area contributed by atoms with Crippen LogP contribution in [0.2, 0.25) is 0 Å². The third kappa shape index (κ3) is 4.11. The minimum absolute atomic E-state index is 0. The molecular weight excluding hydrogens is 244 g/mol. The number of rotatable bonds is 5. The van der Waals surface area contributed by atoms with Crippen molar-refractivity contribution in [3.05, 3.63) is 0 Å². The van der Waals surface area contributed by atoms with Crippen molar-refractivity contribution in [1.29, 1.82) is 0 Å². The topological polar surface area (TPSA) is 15.3 Å². The third-order valence-electron chi connectivity index (χ3n) is 5.33. The molecule has 2 fully saturated rings. The number of nitrogens with zero attached hydrogens (tertiary/aromatic N) is 1. The standard InChI is InChI=1S/C15H30N2.ClH/c1-3-15(4-2)8-12-17(13-15)11-7-14-5-9-16-10-6-14;/h14,16H,3-13H2,1-2H3;1H. The van der Waals surface area contributed by atoms with Gasteiger partial charge in [-0.1, -0.05) is 13.8 Å². The van der Waals surface area contributed by atoms with Gasteiger partial charge in [0.25, 0.3) is 0 Å². The molecule has 2 heterocycles. The highest BCUT2D eigenvalue weighted by atomic mass is 35.5. The summed E-state index contributed by atoms with van der Waals surface area (Å²) in [5.74, 6) is 0.995. The first-order valence-corrected chi connectivity index (χ1v) is 7.71. The van der Waals surface area contributed by atoms with Gasteiger partial charge in [0.1, 0.15) is 0 Å². The van der Waals surface area contributed by atoms with Gasteiger partial charge in [0.2, 0.25) is 0 Å². The average Bonchev–Trinajstić information content (AvgIpc) is 2.82. The van der Waals surface area contributed by atoms with Gasteiger partial charge in [-0.2, -0.15) is 0 Å². The van der Waals surface area contributed by atoms with E-state index in [1.54, 1.807) is 0 Å². The summed E-state index contributed by atoms with van der Waals surface area (Å²) in [5.41, 5.74) is 0.661. The van der Waals surface area contributed by atoms with Crippen molar-refractivity contribution < 1.29 is 0 Å². The Morgan fingerprint density at radius 2 is 1.83 bits per heavy atom. The van der Waals surface area contributed by atoms with Gasteiger partial charge >= 0.3 is 0 Å². The van der Waals surface area contributed by atoms with Crippen LogP contribution in [0.4, 0.5) is 0 Å². The van der Waals surface area contributed by atoms with E-state index in [2.05, 4.69) is 24.1 Å². The first-order valence-electron chi connectivity index (χ1n) is 7.71. The number of hydrogen-bond acceptors (Lipinski definition) is 2. The Bertz CT molecular complexity index is 223. The van der Waals surface area contributed by atoms with E-state index in [4.69, 9.17) is 0 Å². The molecule has 18 heavy (non-hydrogen) atoms. The molecule has 0 aromatic rings. The number of halogens is 1. The van der Waals surface area contributed by atoms with Crippen molar-refractivity contribution >= 4 is 12.4 Å². The molecule has 0 spiro atoms. The predicted molar refractivity (Wildman–Crippen MR) is 81.5 cm³/mol. The van der Waals surface area contributed by atoms with E-state index >= 15 is 0 Å². The smallest absolute Gasteiger partial charge is 0.00382 e. The zero-order valence-corrected chi connectivity index (χ0v) is 13.0. The highest BCUT2D eigenvalue weighted by Crippen LogP contribution is 2.37. The number of piperidine rings is 1. The van der Waals surface area contributed by atoms with Crippen LogP contribution in [0, 0.1) is 11.3 Å². The molecule has 1 N–H and O–H groups in total. The normalized spacial score (nSPS) is 25.0. The van der Waals surface area contributed by atoms with Crippen molar-refractivity contribution in [1.82, 2.24) is 10.2 Å². The molecule has 2 aliphatic rings. The summed E-state index contributed by atoms with van der Waals surface area (Å²) in [6.45, 7) is 11.3. The molecular formula is C15H31ClN2. The summed E-state index contributed by atoms with van der Waals surface area (Å²) in [7, 11) is 0. The van der Waals surface area contributed by atoms with Crippen LogP contribution in [0.5, 0.6) is 0 Å². The average molecular weight is 275 g/mol. The fourth-order valence-corrected chi connectivity index (χ4v) is 3.58. The van der Waals surface area contributed by atoms with Crippen molar-refractivity contribution in [2.75, 3.05) is 32.7 Å². The maximum atomic E-state index is 3.46. The van der Waals surface area contributed by atoms with Gasteiger partial charge in [0, 0.05) is 6.54 Å². The van der Waals surface area contributed by atoms with Gasteiger partial charge in [-0.3, -0.25) is 0 Å². The highest BCUT2D eigenvalue weighted by Gasteiger charge is 2.34. The van der Waals surface area contributed by atoms with Crippen molar-refractivity contribution in [3.63, 3.8) is 0 Å². The lowest BCUT2D eigenvalue weighted by Crippen LogP contribution is -2.31. The summed E-state index contributed by atoms with van der Waals surface area (Å²) in [4.78, 5) is 2.73. The van der Waals surface area contributed by atoms with Crippen LogP contribution in [-0.2, 0) is 0 Å². The molecule has 0 bridgehead atoms. The Hall–Kier alpha value is 0.210. The zero-order valence-electron chi connectivity index (χ0n) is 12.2. The Labute approximate surface area is 119 Å². The summed E-state index contributed by atoms with van der Waals surface area (Å²) >= 11 is 0. The van der Waals surface area contributed by atoms with Gasteiger partial charge in [0.15, 0.2) is 0 Å². The lowest BCUT2D eigenvalue weighted by Gasteiger charge is -2.28. The first-order chi connectivity index (χ1) is 8.28. The predicted octanol–water partition coefficient (Wildman–Crippen LogP) is 3.31. The largest absolute Gasteiger partial charge is 0.317 e. The number of hydrogen-bond donors (Lipinski definition) is 1. The summed E-state index contributed by atoms with van der Waals surface area (Å²) in [5, 5.41) is 3.46. The van der Waals surface area contributed by atoms with Gasteiger partial charge in [0.05, 0.1) is 0 Å². The van der Waals surface area contributed by atoms with Crippen LogP contribution in [0.3, 0.4) is 0 Å². The van der Waals surface area contributed by atoms with Crippen LogP contribution in [0.15, 0.2) is 0 Å². The molecule has 0 saturated carbocycles. The molecule has 2 saturated heterocycles. The Morgan fingerprint density at radius 3 is 2.39 bits per heavy atom. The summed E-state index contributed by atoms with van der Waals surface area (Å²) < 4.78 is 0. The minimum Gasteiger partial charge on any atom is -0.317 e. The quantitative estimate of drug-likeness (QED) is 0.828. The van der Waals surface area contributed by atoms with Crippen LogP contribution < -0.4 is 5.32 Å². The molecule has 2 nitrogen and oxygen atoms in total. The van der Waals surface area contributed by atoms with E-state index in [1.165, 1.54) is 71.2 Å². The van der Waals surface area contributed by atoms with Crippen LogP contribution in [-0.4, -0.2) is 37.6 Å². The monoisotopic (exact) mass is 274 g/mol. The Morgan fingerprint density at radius 1 is 1.17 bits per heavy atom. The van der Waals surface area contributed by atoms with Crippen LogP contribution >= 0.6 is 12.4 Å². The Balaban J connectivity index is 0.00000162. The molecule has 0 aromatic heterocycles. The minimum atomic E-state index is 0. The molecule has 2 rings (SSSR count). The lowest BCUT2D eigenvalue weighted by atomic mass is 9.82. The van der Waals surface area contributed by atoms with Gasteiger partial charge < -0.3 is 10.2 Å². The molecule has 0 unspecified atom stereocenters. The molecule has 3 heteroatoms. The number of nitrogens with one attached hydrogen (secondary N) is 1. The molecule has 2 aliphatic heterocycles. The van der Waals surface area contributed by atoms with Crippen LogP contribution in [0.1, 0.15) is 52.4 Å². The van der Waals surface area contributed by atoms with Crippen molar-refractivity contribution in [2.45, 2.75) is 52.4 Å². The molecule has 0 radical (unpaired) electrons. The second kappa shape index (κ2) is 7.72. The Kier molecular flexibility index (Phi) is 6.97. The second-order valence-electron chi connectivity index (χ2n) is 6.22. The molecule has 108 valence electrons. The molecule has 0 aliphatic carbocycles. The molecule has 0 aromatic carbocycles. The van der Waals surface area contributed by atoms with E-state index in [9.17, 15) is 0 Å². The van der Waals surface area contributed by atoms with Gasteiger partial charge in [-0.05, 0) is 76.0 Å². The maximum Gasteiger partial charge on any atom is 0.00382 e. The number of likely N-dealkylation sites (tertiary alicyclic amines) is 1. The van der Waals surface area contributed by atoms with E-state index < -0.39 is 0 Å². The summed E-state index contributed by atoms with van der Waals surface area (Å²) in [6.07, 6.45) is 8.42. The van der Waals surface area contributed by atoms with E-state index in [0.717, 1.165) is 5.92 Å². The third-order valence-corrected chi connectivity index (χ3v) is 5.33. The highest BCUT2D eigenvalue weighted by molar-refractivity contribution is 5.85. The zero-order chi connectivity index (χ0) is 12.1. The maximum absolute atomic E-state index is 3.46. The fourth-order valence-electron chi connectivity index (χ4n) is 3.58. The molecule has 0 amide bonds. The van der Waals surface area contributed by atoms with Gasteiger partial charge in [-0.15, -0.1) is 12.4 Å². The van der Waals surface area contributed by atoms with E-state index in [1.807, 2.05) is 0 Å². The lowest BCUT2D eigenvalue weighted by molar-refractivity contribution is 0.222. The SMILES string of the molecule is CCC1(CC)CCN(CCC2CCNCC2)C1.Cl. The van der Waals surface area contributed by atoms with E-state index in [-0.39, 0.29) is 12.4 Å². The van der Waals surface area contributed by atoms with Crippen molar-refractivity contribution in [2.24, 2.45) is 11.3 Å². The van der Waals surface area contributed by atoms with Gasteiger partial charge in [-0.25, -0.2) is 0 Å². The summed E-state index contributed by atoms with van der Waals surface area (Å²) in [6, 6.07) is 0. The first kappa shape index (κ1) is 16.3. The fraction of sp³-hybridized carbons (Fsp3) is 1.00.